The van der Waals surface area contributed by atoms with Gasteiger partial charge in [0.15, 0.2) is 0 Å². The van der Waals surface area contributed by atoms with Crippen LogP contribution in [0.15, 0.2) is 18.2 Å². The van der Waals surface area contributed by atoms with E-state index in [1.807, 2.05) is 0 Å². The van der Waals surface area contributed by atoms with Crippen molar-refractivity contribution < 1.29 is 14.6 Å². The lowest BCUT2D eigenvalue weighted by Crippen LogP contribution is -2.20. The number of anilines is 2. The molecular formula is C13H18N2O3. The zero-order valence-corrected chi connectivity index (χ0v) is 10.3. The van der Waals surface area contributed by atoms with E-state index >= 15 is 0 Å². The Kier molecular flexibility index (Phi) is 3.72. The monoisotopic (exact) mass is 250 g/mol. The zero-order chi connectivity index (χ0) is 13.1. The fourth-order valence-electron chi connectivity index (χ4n) is 2.14. The maximum Gasteiger partial charge on any atom is 0.337 e. The van der Waals surface area contributed by atoms with Crippen LogP contribution in [0.1, 0.15) is 23.7 Å². The van der Waals surface area contributed by atoms with Crippen molar-refractivity contribution in [3.63, 3.8) is 0 Å². The summed E-state index contributed by atoms with van der Waals surface area (Å²) >= 11 is 0. The Hall–Kier alpha value is -1.75. The molecule has 0 amide bonds. The van der Waals surface area contributed by atoms with E-state index in [1.54, 1.807) is 18.2 Å². The SMILES string of the molecule is CC1OCCC1CNc1ccc(N)c(C(=O)O)c1. The second-order valence-corrected chi connectivity index (χ2v) is 4.61. The number of nitrogen functional groups attached to an aromatic ring is 1. The Balaban J connectivity index is 2.01. The van der Waals surface area contributed by atoms with Crippen molar-refractivity contribution in [2.24, 2.45) is 5.92 Å². The average Bonchev–Trinajstić information content (AvgIpc) is 2.73. The molecule has 1 aromatic rings. The molecule has 2 rings (SSSR count). The van der Waals surface area contributed by atoms with Gasteiger partial charge in [-0.2, -0.15) is 0 Å². The maximum atomic E-state index is 11.0. The van der Waals surface area contributed by atoms with Crippen molar-refractivity contribution in [2.45, 2.75) is 19.4 Å². The van der Waals surface area contributed by atoms with Crippen LogP contribution in [0.5, 0.6) is 0 Å². The number of rotatable bonds is 4. The Labute approximate surface area is 106 Å². The van der Waals surface area contributed by atoms with Crippen LogP contribution >= 0.6 is 0 Å². The summed E-state index contributed by atoms with van der Waals surface area (Å²) < 4.78 is 5.48. The van der Waals surface area contributed by atoms with Gasteiger partial charge in [0.05, 0.1) is 11.7 Å². The third-order valence-corrected chi connectivity index (χ3v) is 3.39. The van der Waals surface area contributed by atoms with Crippen molar-refractivity contribution in [2.75, 3.05) is 24.2 Å². The third kappa shape index (κ3) is 2.73. The molecule has 4 N–H and O–H groups in total. The largest absolute Gasteiger partial charge is 0.478 e. The highest BCUT2D eigenvalue weighted by molar-refractivity contribution is 5.94. The van der Waals surface area contributed by atoms with Crippen LogP contribution < -0.4 is 11.1 Å². The van der Waals surface area contributed by atoms with Crippen LogP contribution in [0.3, 0.4) is 0 Å². The number of carboxylic acid groups (broad SMARTS) is 1. The van der Waals surface area contributed by atoms with Gasteiger partial charge in [0.1, 0.15) is 0 Å². The summed E-state index contributed by atoms with van der Waals surface area (Å²) in [6, 6.07) is 4.97. The first kappa shape index (κ1) is 12.7. The standard InChI is InChI=1S/C13H18N2O3/c1-8-9(4-5-18-8)7-15-10-2-3-12(14)11(6-10)13(16)17/h2-3,6,8-9,15H,4-5,7,14H2,1H3,(H,16,17). The van der Waals surface area contributed by atoms with Gasteiger partial charge in [0, 0.05) is 30.4 Å². The minimum Gasteiger partial charge on any atom is -0.478 e. The molecule has 0 spiro atoms. The number of nitrogens with one attached hydrogen (secondary N) is 1. The lowest BCUT2D eigenvalue weighted by molar-refractivity contribution is 0.0698. The normalized spacial score (nSPS) is 22.9. The number of carbonyl (C=O) groups is 1. The van der Waals surface area contributed by atoms with Crippen molar-refractivity contribution >= 4 is 17.3 Å². The fraction of sp³-hybridized carbons (Fsp3) is 0.462. The van der Waals surface area contributed by atoms with Crippen LogP contribution in [-0.2, 0) is 4.74 Å². The number of aromatic carboxylic acids is 1. The van der Waals surface area contributed by atoms with Crippen LogP contribution in [0.25, 0.3) is 0 Å². The molecule has 18 heavy (non-hydrogen) atoms. The predicted octanol–water partition coefficient (Wildman–Crippen LogP) is 1.80. The van der Waals surface area contributed by atoms with Gasteiger partial charge < -0.3 is 20.9 Å². The molecule has 0 radical (unpaired) electrons. The molecule has 1 saturated heterocycles. The topological polar surface area (TPSA) is 84.6 Å². The number of hydrogen-bond donors (Lipinski definition) is 3. The molecule has 0 aliphatic carbocycles. The van der Waals surface area contributed by atoms with Crippen molar-refractivity contribution in [1.29, 1.82) is 0 Å². The van der Waals surface area contributed by atoms with Crippen LogP contribution in [0, 0.1) is 5.92 Å². The highest BCUT2D eigenvalue weighted by atomic mass is 16.5. The fourth-order valence-corrected chi connectivity index (χ4v) is 2.14. The van der Waals surface area contributed by atoms with Gasteiger partial charge in [-0.3, -0.25) is 0 Å². The van der Waals surface area contributed by atoms with Crippen molar-refractivity contribution in [3.8, 4) is 0 Å². The minimum atomic E-state index is -1.01. The van der Waals surface area contributed by atoms with E-state index in [-0.39, 0.29) is 17.4 Å². The number of nitrogens with two attached hydrogens (primary N) is 1. The summed E-state index contributed by atoms with van der Waals surface area (Å²) in [6.07, 6.45) is 1.29. The average molecular weight is 250 g/mol. The molecule has 98 valence electrons. The molecule has 1 aromatic carbocycles. The van der Waals surface area contributed by atoms with Crippen molar-refractivity contribution in [3.05, 3.63) is 23.8 Å². The molecule has 5 nitrogen and oxygen atoms in total. The summed E-state index contributed by atoms with van der Waals surface area (Å²) in [4.78, 5) is 11.0. The van der Waals surface area contributed by atoms with Gasteiger partial charge in [-0.15, -0.1) is 0 Å². The number of hydrogen-bond acceptors (Lipinski definition) is 4. The summed E-state index contributed by atoms with van der Waals surface area (Å²) in [6.45, 7) is 3.64. The van der Waals surface area contributed by atoms with E-state index in [2.05, 4.69) is 12.2 Å². The molecule has 2 atom stereocenters. The zero-order valence-electron chi connectivity index (χ0n) is 10.3. The molecule has 0 saturated carbocycles. The van der Waals surface area contributed by atoms with Crippen LogP contribution in [0.2, 0.25) is 0 Å². The number of benzene rings is 1. The van der Waals surface area contributed by atoms with E-state index in [0.717, 1.165) is 25.3 Å². The smallest absolute Gasteiger partial charge is 0.337 e. The van der Waals surface area contributed by atoms with E-state index < -0.39 is 5.97 Å². The molecule has 2 unspecified atom stereocenters. The Bertz CT molecular complexity index is 448. The van der Waals surface area contributed by atoms with E-state index in [4.69, 9.17) is 15.6 Å². The maximum absolute atomic E-state index is 11.0. The number of ether oxygens (including phenoxy) is 1. The van der Waals surface area contributed by atoms with Gasteiger partial charge >= 0.3 is 5.97 Å². The Morgan fingerprint density at radius 2 is 2.39 bits per heavy atom. The second-order valence-electron chi connectivity index (χ2n) is 4.61. The summed E-state index contributed by atoms with van der Waals surface area (Å²) in [5.41, 5.74) is 6.80. The minimum absolute atomic E-state index is 0.135. The quantitative estimate of drug-likeness (QED) is 0.710. The van der Waals surface area contributed by atoms with Gasteiger partial charge in [0.2, 0.25) is 0 Å². The lowest BCUT2D eigenvalue weighted by atomic mass is 10.0. The molecule has 1 heterocycles. The highest BCUT2D eigenvalue weighted by Crippen LogP contribution is 2.22. The number of carboxylic acids is 1. The van der Waals surface area contributed by atoms with E-state index in [0.29, 0.717) is 5.92 Å². The van der Waals surface area contributed by atoms with Gasteiger partial charge in [-0.05, 0) is 31.5 Å². The van der Waals surface area contributed by atoms with E-state index in [1.165, 1.54) is 0 Å². The molecule has 5 heteroatoms. The molecule has 1 aliphatic heterocycles. The van der Waals surface area contributed by atoms with Crippen molar-refractivity contribution in [1.82, 2.24) is 0 Å². The van der Waals surface area contributed by atoms with Gasteiger partial charge in [0.25, 0.3) is 0 Å². The molecular weight excluding hydrogens is 232 g/mol. The van der Waals surface area contributed by atoms with Crippen LogP contribution in [-0.4, -0.2) is 30.3 Å². The highest BCUT2D eigenvalue weighted by Gasteiger charge is 2.23. The van der Waals surface area contributed by atoms with Gasteiger partial charge in [-0.1, -0.05) is 0 Å². The molecule has 1 aliphatic rings. The first-order valence-corrected chi connectivity index (χ1v) is 6.06. The summed E-state index contributed by atoms with van der Waals surface area (Å²) in [7, 11) is 0. The van der Waals surface area contributed by atoms with E-state index in [9.17, 15) is 4.79 Å². The van der Waals surface area contributed by atoms with Crippen LogP contribution in [0.4, 0.5) is 11.4 Å². The predicted molar refractivity (Wildman–Crippen MR) is 69.8 cm³/mol. The Morgan fingerprint density at radius 3 is 3.00 bits per heavy atom. The molecule has 0 aromatic heterocycles. The molecule has 1 fully saturated rings. The third-order valence-electron chi connectivity index (χ3n) is 3.39. The lowest BCUT2D eigenvalue weighted by Gasteiger charge is -2.16. The summed E-state index contributed by atoms with van der Waals surface area (Å²) in [5.74, 6) is -0.537. The second kappa shape index (κ2) is 5.27. The van der Waals surface area contributed by atoms with Gasteiger partial charge in [-0.25, -0.2) is 4.79 Å². The first-order chi connectivity index (χ1) is 8.58. The first-order valence-electron chi connectivity index (χ1n) is 6.06. The Morgan fingerprint density at radius 1 is 1.61 bits per heavy atom. The summed E-state index contributed by atoms with van der Waals surface area (Å²) in [5, 5.41) is 12.2. The molecule has 0 bridgehead atoms.